The van der Waals surface area contributed by atoms with Crippen molar-refractivity contribution in [1.82, 2.24) is 29.8 Å². The van der Waals surface area contributed by atoms with Gasteiger partial charge in [0, 0.05) is 25.6 Å². The third-order valence-electron chi connectivity index (χ3n) is 3.76. The van der Waals surface area contributed by atoms with Crippen LogP contribution in [0.4, 0.5) is 0 Å². The van der Waals surface area contributed by atoms with Crippen LogP contribution in [0.2, 0.25) is 0 Å². The Balaban J connectivity index is 1.92. The first-order chi connectivity index (χ1) is 10.4. The second-order valence-electron chi connectivity index (χ2n) is 5.67. The Kier molecular flexibility index (Phi) is 5.46. The maximum atomic E-state index is 12.3. The molecule has 0 aromatic carbocycles. The number of nitrogens with zero attached hydrogens (tertiary/aromatic N) is 5. The van der Waals surface area contributed by atoms with Crippen molar-refractivity contribution in [2.75, 3.05) is 19.3 Å². The molecule has 2 rings (SSSR count). The summed E-state index contributed by atoms with van der Waals surface area (Å²) in [4.78, 5) is 14.0. The molecule has 0 spiro atoms. The lowest BCUT2D eigenvalue weighted by atomic mass is 9.99. The summed E-state index contributed by atoms with van der Waals surface area (Å²) in [5, 5.41) is 10.8. The molecule has 1 aliphatic rings. The van der Waals surface area contributed by atoms with Crippen LogP contribution in [0.15, 0.2) is 6.33 Å². The summed E-state index contributed by atoms with van der Waals surface area (Å²) in [5.41, 5.74) is 0. The van der Waals surface area contributed by atoms with Crippen LogP contribution in [0.5, 0.6) is 0 Å². The predicted octanol–water partition coefficient (Wildman–Crippen LogP) is -0.760. The van der Waals surface area contributed by atoms with Gasteiger partial charge in [-0.25, -0.2) is 17.8 Å². The van der Waals surface area contributed by atoms with Gasteiger partial charge in [-0.05, 0) is 22.8 Å². The monoisotopic (exact) mass is 330 g/mol. The smallest absolute Gasteiger partial charge is 0.224 e. The summed E-state index contributed by atoms with van der Waals surface area (Å²) in [6.45, 7) is 3.49. The van der Waals surface area contributed by atoms with Crippen LogP contribution in [0.25, 0.3) is 0 Å². The SMILES string of the molecule is CCC[C@H]1CN(C(=O)CCn2cnnn2)C[C@@H]1NS(C)(=O)=O. The van der Waals surface area contributed by atoms with E-state index < -0.39 is 10.0 Å². The van der Waals surface area contributed by atoms with Crippen molar-refractivity contribution >= 4 is 15.9 Å². The number of likely N-dealkylation sites (tertiary alicyclic amines) is 1. The van der Waals surface area contributed by atoms with Crippen LogP contribution >= 0.6 is 0 Å². The quantitative estimate of drug-likeness (QED) is 0.703. The number of hydrogen-bond donors (Lipinski definition) is 1. The molecule has 0 unspecified atom stereocenters. The number of sulfonamides is 1. The highest BCUT2D eigenvalue weighted by Crippen LogP contribution is 2.23. The Bertz CT molecular complexity index is 588. The van der Waals surface area contributed by atoms with Crippen LogP contribution in [0.3, 0.4) is 0 Å². The maximum absolute atomic E-state index is 12.3. The van der Waals surface area contributed by atoms with Crippen molar-refractivity contribution in [1.29, 1.82) is 0 Å². The summed E-state index contributed by atoms with van der Waals surface area (Å²) in [5.74, 6) is 0.158. The normalized spacial score (nSPS) is 22.2. The fourth-order valence-electron chi connectivity index (χ4n) is 2.80. The van der Waals surface area contributed by atoms with Crippen molar-refractivity contribution < 1.29 is 13.2 Å². The minimum atomic E-state index is -3.27. The van der Waals surface area contributed by atoms with Crippen LogP contribution in [-0.2, 0) is 21.4 Å². The van der Waals surface area contributed by atoms with Gasteiger partial charge in [0.25, 0.3) is 0 Å². The zero-order valence-corrected chi connectivity index (χ0v) is 13.7. The average molecular weight is 330 g/mol. The van der Waals surface area contributed by atoms with Gasteiger partial charge in [0.15, 0.2) is 0 Å². The Morgan fingerprint density at radius 1 is 1.41 bits per heavy atom. The lowest BCUT2D eigenvalue weighted by Crippen LogP contribution is -2.40. The van der Waals surface area contributed by atoms with Crippen molar-refractivity contribution in [2.45, 2.75) is 38.8 Å². The van der Waals surface area contributed by atoms with Gasteiger partial charge in [0.1, 0.15) is 6.33 Å². The molecule has 1 amide bonds. The predicted molar refractivity (Wildman–Crippen MR) is 79.2 cm³/mol. The molecule has 2 atom stereocenters. The molecule has 1 N–H and O–H groups in total. The Morgan fingerprint density at radius 2 is 2.18 bits per heavy atom. The molecule has 1 aliphatic heterocycles. The van der Waals surface area contributed by atoms with Gasteiger partial charge >= 0.3 is 0 Å². The van der Waals surface area contributed by atoms with Crippen molar-refractivity contribution in [3.8, 4) is 0 Å². The molecule has 10 heteroatoms. The highest BCUT2D eigenvalue weighted by atomic mass is 32.2. The lowest BCUT2D eigenvalue weighted by molar-refractivity contribution is -0.130. The van der Waals surface area contributed by atoms with Crippen LogP contribution in [0.1, 0.15) is 26.2 Å². The van der Waals surface area contributed by atoms with Crippen LogP contribution in [-0.4, -0.2) is 64.8 Å². The average Bonchev–Trinajstić information content (AvgIpc) is 3.05. The van der Waals surface area contributed by atoms with E-state index in [-0.39, 0.29) is 17.9 Å². The topological polar surface area (TPSA) is 110 Å². The fraction of sp³-hybridized carbons (Fsp3) is 0.833. The molecule has 9 nitrogen and oxygen atoms in total. The molecule has 0 aliphatic carbocycles. The van der Waals surface area contributed by atoms with Gasteiger partial charge < -0.3 is 4.90 Å². The van der Waals surface area contributed by atoms with E-state index in [0.29, 0.717) is 26.1 Å². The van der Waals surface area contributed by atoms with E-state index in [4.69, 9.17) is 0 Å². The number of rotatable bonds is 7. The third kappa shape index (κ3) is 4.73. The minimum absolute atomic E-state index is 0.00518. The first kappa shape index (κ1) is 16.8. The standard InChI is InChI=1S/C12H22N6O3S/c1-3-4-10-7-17(8-11(10)14-22(2,20)21)12(19)5-6-18-9-13-15-16-18/h9-11,14H,3-8H2,1-2H3/t10-,11-/m0/s1. The van der Waals surface area contributed by atoms with E-state index in [9.17, 15) is 13.2 Å². The molecule has 0 radical (unpaired) electrons. The van der Waals surface area contributed by atoms with Gasteiger partial charge in [-0.15, -0.1) is 5.10 Å². The number of carbonyl (C=O) groups excluding carboxylic acids is 1. The molecular formula is C12H22N6O3S. The van der Waals surface area contributed by atoms with Gasteiger partial charge in [-0.2, -0.15) is 0 Å². The molecule has 22 heavy (non-hydrogen) atoms. The van der Waals surface area contributed by atoms with E-state index in [0.717, 1.165) is 19.1 Å². The van der Waals surface area contributed by atoms with E-state index in [2.05, 4.69) is 27.2 Å². The Morgan fingerprint density at radius 3 is 2.77 bits per heavy atom. The molecule has 0 bridgehead atoms. The second kappa shape index (κ2) is 7.14. The Labute approximate surface area is 130 Å². The summed E-state index contributed by atoms with van der Waals surface area (Å²) in [7, 11) is -3.27. The fourth-order valence-corrected chi connectivity index (χ4v) is 3.61. The zero-order valence-electron chi connectivity index (χ0n) is 12.8. The van der Waals surface area contributed by atoms with E-state index in [1.54, 1.807) is 4.90 Å². The first-order valence-electron chi connectivity index (χ1n) is 7.35. The lowest BCUT2D eigenvalue weighted by Gasteiger charge is -2.17. The number of nitrogens with one attached hydrogen (secondary N) is 1. The number of tetrazole rings is 1. The largest absolute Gasteiger partial charge is 0.341 e. The highest BCUT2D eigenvalue weighted by molar-refractivity contribution is 7.88. The number of carbonyl (C=O) groups is 1. The number of amides is 1. The highest BCUT2D eigenvalue weighted by Gasteiger charge is 2.35. The van der Waals surface area contributed by atoms with Gasteiger partial charge in [0.05, 0.1) is 12.8 Å². The second-order valence-corrected chi connectivity index (χ2v) is 7.45. The molecular weight excluding hydrogens is 308 g/mol. The summed E-state index contributed by atoms with van der Waals surface area (Å²) in [6.07, 6.45) is 4.77. The van der Waals surface area contributed by atoms with E-state index in [1.165, 1.54) is 11.0 Å². The molecule has 1 aromatic rings. The van der Waals surface area contributed by atoms with E-state index >= 15 is 0 Å². The summed E-state index contributed by atoms with van der Waals surface area (Å²) >= 11 is 0. The first-order valence-corrected chi connectivity index (χ1v) is 9.24. The van der Waals surface area contributed by atoms with Gasteiger partial charge in [-0.3, -0.25) is 4.79 Å². The van der Waals surface area contributed by atoms with E-state index in [1.807, 2.05) is 0 Å². The molecule has 124 valence electrons. The minimum Gasteiger partial charge on any atom is -0.341 e. The third-order valence-corrected chi connectivity index (χ3v) is 4.50. The molecule has 2 heterocycles. The number of aryl methyl sites for hydroxylation is 1. The van der Waals surface area contributed by atoms with Crippen LogP contribution < -0.4 is 4.72 Å². The number of aromatic nitrogens is 4. The summed E-state index contributed by atoms with van der Waals surface area (Å²) in [6, 6.07) is -0.202. The molecule has 0 saturated carbocycles. The number of hydrogen-bond acceptors (Lipinski definition) is 6. The Hall–Kier alpha value is -1.55. The van der Waals surface area contributed by atoms with Crippen molar-refractivity contribution in [2.24, 2.45) is 5.92 Å². The zero-order chi connectivity index (χ0) is 16.2. The summed E-state index contributed by atoms with van der Waals surface area (Å²) < 4.78 is 27.1. The van der Waals surface area contributed by atoms with Crippen molar-refractivity contribution in [3.05, 3.63) is 6.33 Å². The van der Waals surface area contributed by atoms with Crippen molar-refractivity contribution in [3.63, 3.8) is 0 Å². The van der Waals surface area contributed by atoms with Gasteiger partial charge in [0.2, 0.25) is 15.9 Å². The molecule has 1 aromatic heterocycles. The molecule has 1 saturated heterocycles. The maximum Gasteiger partial charge on any atom is 0.224 e. The van der Waals surface area contributed by atoms with Crippen LogP contribution in [0, 0.1) is 5.92 Å². The molecule has 1 fully saturated rings. The van der Waals surface area contributed by atoms with Gasteiger partial charge in [-0.1, -0.05) is 13.3 Å².